The first-order valence-corrected chi connectivity index (χ1v) is 44.3. The summed E-state index contributed by atoms with van der Waals surface area (Å²) in [4.78, 5) is 63.3. The van der Waals surface area contributed by atoms with Crippen molar-refractivity contribution in [3.63, 3.8) is 0 Å². The van der Waals surface area contributed by atoms with Crippen LogP contribution in [0.5, 0.6) is 0 Å². The summed E-state index contributed by atoms with van der Waals surface area (Å²) in [6.07, 6.45) is 43.5. The van der Waals surface area contributed by atoms with Gasteiger partial charge in [-0.05, 0) is 427 Å². The predicted octanol–water partition coefficient (Wildman–Crippen LogP) is 23.9. The highest BCUT2D eigenvalue weighted by molar-refractivity contribution is 5.78. The van der Waals surface area contributed by atoms with Crippen molar-refractivity contribution in [2.45, 2.75) is 405 Å². The molecule has 0 heterocycles. The fraction of sp³-hybridized carbons (Fsp3) is 0.946. The molecule has 20 fully saturated rings. The van der Waals surface area contributed by atoms with E-state index >= 15 is 0 Å². The molecule has 0 aromatic heterocycles. The van der Waals surface area contributed by atoms with Crippen LogP contribution in [-0.2, 0) is 47.7 Å². The van der Waals surface area contributed by atoms with Gasteiger partial charge in [0.25, 0.3) is 0 Å². The van der Waals surface area contributed by atoms with Gasteiger partial charge in [-0.25, -0.2) is 0 Å². The monoisotopic (exact) mass is 1430 g/mol. The molecule has 588 valence electrons. The number of rotatable bonds is 21. The van der Waals surface area contributed by atoms with E-state index in [9.17, 15) is 24.0 Å². The fourth-order valence-electron chi connectivity index (χ4n) is 26.6. The number of carbonyl (C=O) groups is 5. The summed E-state index contributed by atoms with van der Waals surface area (Å²) in [5.41, 5.74) is -2.37. The number of hydrogen-bond donors (Lipinski definition) is 0. The summed E-state index contributed by atoms with van der Waals surface area (Å²) in [6.45, 7) is 46.2. The zero-order valence-electron chi connectivity index (χ0n) is 70.4. The van der Waals surface area contributed by atoms with Gasteiger partial charge in [-0.15, -0.1) is 0 Å². The summed E-state index contributed by atoms with van der Waals surface area (Å²) in [6, 6.07) is 0. The van der Waals surface area contributed by atoms with E-state index in [4.69, 9.17) is 23.7 Å². The Hall–Kier alpha value is -2.65. The molecule has 103 heavy (non-hydrogen) atoms. The maximum absolute atomic E-state index is 12.8. The molecular weight excluding hydrogens is 1280 g/mol. The van der Waals surface area contributed by atoms with Gasteiger partial charge in [-0.2, -0.15) is 0 Å². The Morgan fingerprint density at radius 1 is 0.330 bits per heavy atom. The molecule has 0 atom stereocenters. The molecule has 20 aliphatic carbocycles. The Morgan fingerprint density at radius 2 is 0.592 bits per heavy atom. The van der Waals surface area contributed by atoms with Crippen molar-refractivity contribution >= 4 is 29.8 Å². The summed E-state index contributed by atoms with van der Waals surface area (Å²) >= 11 is 0. The minimum atomic E-state index is -0.362. The van der Waals surface area contributed by atoms with E-state index in [-0.39, 0.29) is 90.3 Å². The molecule has 0 radical (unpaired) electrons. The molecule has 0 amide bonds. The largest absolute Gasteiger partial charge is 0.459 e. The quantitative estimate of drug-likeness (QED) is 0.0808. The first-order chi connectivity index (χ1) is 48.1. The molecule has 20 aliphatic rings. The molecule has 0 aliphatic heterocycles. The van der Waals surface area contributed by atoms with Crippen LogP contribution < -0.4 is 0 Å². The number of hydrogen-bond acceptors (Lipinski definition) is 10. The standard InChI is InChI=1S/C20H34O2.2C19H32O2.C18H30O2.C17H28O2/c1-5-7-8-20(22-18(21)19(3,4)6-2)16-10-14-9-15(12-16)13-17(20)11-14;1-6-17(2,3)16(20)21-18(4,5)19-10-13-7-14(11-19)9-15(8-13)12-19;1-6-18(4,5)17(20)21-19(12(2)3)15-8-13-7-14(10-15)11-16(19)9-13;1-5-17(3,4)16(19)20-18(6-2)14-8-12-7-13(10-14)11-15(18)9-12;1-5-16(2,3)15(18)19-17(4)13-7-11-6-12(9-13)10-14(17)8-11/h14-17H,5-13H2,1-4H3;13-15H,6-12H2,1-5H3;12-16H,6-11H2,1-5H3;12-15H,5-11H2,1-4H3;11-14H,5-10H2,1-4H3. The first kappa shape index (κ1) is 81.3. The Kier molecular flexibility index (Phi) is 23.9. The van der Waals surface area contributed by atoms with Crippen molar-refractivity contribution in [3.05, 3.63) is 0 Å². The van der Waals surface area contributed by atoms with Crippen molar-refractivity contribution in [1.29, 1.82) is 0 Å². The lowest BCUT2D eigenvalue weighted by atomic mass is 9.46. The topological polar surface area (TPSA) is 132 Å². The normalized spacial score (nSPS) is 41.4. The van der Waals surface area contributed by atoms with Crippen LogP contribution in [0.1, 0.15) is 377 Å². The van der Waals surface area contributed by atoms with Crippen LogP contribution in [0.3, 0.4) is 0 Å². The molecule has 0 saturated heterocycles. The number of carbonyl (C=O) groups excluding carboxylic acids is 5. The number of esters is 5. The van der Waals surface area contributed by atoms with Crippen LogP contribution in [0, 0.1) is 151 Å². The lowest BCUT2D eigenvalue weighted by Gasteiger charge is -2.62. The molecule has 10 nitrogen and oxygen atoms in total. The van der Waals surface area contributed by atoms with Crippen molar-refractivity contribution in [2.24, 2.45) is 151 Å². The Morgan fingerprint density at radius 3 is 0.893 bits per heavy atom. The zero-order chi connectivity index (χ0) is 75.2. The molecule has 0 aromatic carbocycles. The molecular formula is C93H156O10. The molecule has 20 bridgehead atoms. The highest BCUT2D eigenvalue weighted by atomic mass is 16.6. The second kappa shape index (κ2) is 30.2. The van der Waals surface area contributed by atoms with Gasteiger partial charge in [0.05, 0.1) is 27.1 Å². The zero-order valence-corrected chi connectivity index (χ0v) is 70.4. The van der Waals surface area contributed by atoms with E-state index in [1.54, 1.807) is 0 Å². The highest BCUT2D eigenvalue weighted by Gasteiger charge is 2.65. The first-order valence-electron chi connectivity index (χ1n) is 44.3. The van der Waals surface area contributed by atoms with Crippen LogP contribution in [0.15, 0.2) is 0 Å². The van der Waals surface area contributed by atoms with Crippen LogP contribution in [-0.4, -0.2) is 57.9 Å². The third-order valence-electron chi connectivity index (χ3n) is 34.6. The predicted molar refractivity (Wildman–Crippen MR) is 415 cm³/mol. The molecule has 0 N–H and O–H groups in total. The lowest BCUT2D eigenvalue weighted by molar-refractivity contribution is -0.231. The van der Waals surface area contributed by atoms with Gasteiger partial charge < -0.3 is 23.7 Å². The van der Waals surface area contributed by atoms with Gasteiger partial charge in [-0.1, -0.05) is 68.7 Å². The van der Waals surface area contributed by atoms with Crippen LogP contribution in [0.25, 0.3) is 0 Å². The molecule has 0 aromatic rings. The van der Waals surface area contributed by atoms with Gasteiger partial charge in [0, 0.05) is 5.41 Å². The highest BCUT2D eigenvalue weighted by Crippen LogP contribution is 2.68. The number of ether oxygens (including phenoxy) is 5. The molecule has 20 saturated carbocycles. The third-order valence-corrected chi connectivity index (χ3v) is 34.6. The van der Waals surface area contributed by atoms with Gasteiger partial charge in [0.2, 0.25) is 0 Å². The van der Waals surface area contributed by atoms with E-state index in [2.05, 4.69) is 83.1 Å². The molecule has 0 spiro atoms. The molecule has 0 unspecified atom stereocenters. The Bertz CT molecular complexity index is 2820. The van der Waals surface area contributed by atoms with E-state index in [1.807, 2.05) is 69.2 Å². The second-order valence-electron chi connectivity index (χ2n) is 43.6. The number of unbranched alkanes of at least 4 members (excludes halogenated alkanes) is 1. The Balaban J connectivity index is 0.000000129. The second-order valence-corrected chi connectivity index (χ2v) is 43.6. The van der Waals surface area contributed by atoms with E-state index < -0.39 is 0 Å². The van der Waals surface area contributed by atoms with Crippen LogP contribution in [0.4, 0.5) is 0 Å². The van der Waals surface area contributed by atoms with Crippen LogP contribution in [0.2, 0.25) is 0 Å². The maximum atomic E-state index is 12.8. The van der Waals surface area contributed by atoms with Crippen LogP contribution >= 0.6 is 0 Å². The minimum absolute atomic E-state index is 0.00857. The van der Waals surface area contributed by atoms with Crippen molar-refractivity contribution in [1.82, 2.24) is 0 Å². The molecule has 10 heteroatoms. The minimum Gasteiger partial charge on any atom is -0.459 e. The average molecular weight is 1430 g/mol. The summed E-state index contributed by atoms with van der Waals surface area (Å²) in [5, 5.41) is 0. The van der Waals surface area contributed by atoms with Crippen molar-refractivity contribution in [3.8, 4) is 0 Å². The fourth-order valence-corrected chi connectivity index (χ4v) is 26.6. The van der Waals surface area contributed by atoms with Gasteiger partial charge in [-0.3, -0.25) is 24.0 Å². The van der Waals surface area contributed by atoms with Gasteiger partial charge >= 0.3 is 29.8 Å². The van der Waals surface area contributed by atoms with Crippen molar-refractivity contribution < 1.29 is 47.7 Å². The van der Waals surface area contributed by atoms with Gasteiger partial charge in [0.15, 0.2) is 0 Å². The SMILES string of the molecule is CCC(C)(C)C(=O)OC(C)(C)C12CC3CC(CC(C3)C1)C2.CCC(C)(C)C(=O)OC1(C(C)C)C2CC3CC(C2)CC1C3.CCC(C)(C)C(=O)OC1(C)C2CC3CC(C2)CC1C3.CCC(C)(C)C(=O)OC1(CC)C2CC3CC(C2)CC1C3.CCCCC1(OC(=O)C(C)(C)CC)C2CC3CC(C2)CC1C3. The van der Waals surface area contributed by atoms with Gasteiger partial charge in [0.1, 0.15) is 28.0 Å². The van der Waals surface area contributed by atoms with E-state index in [0.29, 0.717) is 53.3 Å². The maximum Gasteiger partial charge on any atom is 0.312 e. The lowest BCUT2D eigenvalue weighted by Crippen LogP contribution is -2.63. The smallest absolute Gasteiger partial charge is 0.312 e. The van der Waals surface area contributed by atoms with E-state index in [1.165, 1.54) is 180 Å². The Labute approximate surface area is 630 Å². The third kappa shape index (κ3) is 15.6. The summed E-state index contributed by atoms with van der Waals surface area (Å²) < 4.78 is 31.4. The van der Waals surface area contributed by atoms with Crippen molar-refractivity contribution in [2.75, 3.05) is 0 Å². The summed E-state index contributed by atoms with van der Waals surface area (Å²) in [5.74, 6) is 15.7. The van der Waals surface area contributed by atoms with E-state index in [0.717, 1.165) is 110 Å². The molecule has 20 rings (SSSR count). The summed E-state index contributed by atoms with van der Waals surface area (Å²) in [7, 11) is 0. The average Bonchev–Trinajstić information content (AvgIpc) is 0.749.